The van der Waals surface area contributed by atoms with Gasteiger partial charge in [-0.2, -0.15) is 0 Å². The van der Waals surface area contributed by atoms with Crippen molar-refractivity contribution in [2.24, 2.45) is 5.73 Å². The molecule has 1 saturated carbocycles. The molecule has 1 aromatic rings. The van der Waals surface area contributed by atoms with E-state index in [-0.39, 0.29) is 11.9 Å². The highest BCUT2D eigenvalue weighted by molar-refractivity contribution is 5.54. The smallest absolute Gasteiger partial charge is 0.130 e. The third-order valence-electron chi connectivity index (χ3n) is 2.68. The summed E-state index contributed by atoms with van der Waals surface area (Å²) in [6.45, 7) is 0. The highest BCUT2D eigenvalue weighted by Crippen LogP contribution is 2.26. The molecular weight excluding hydrogens is 196 g/mol. The van der Waals surface area contributed by atoms with Crippen molar-refractivity contribution in [1.29, 1.82) is 0 Å². The second-order valence-corrected chi connectivity index (χ2v) is 3.97. The van der Waals surface area contributed by atoms with Crippen molar-refractivity contribution in [2.45, 2.75) is 25.3 Å². The van der Waals surface area contributed by atoms with Crippen molar-refractivity contribution in [3.05, 3.63) is 41.0 Å². The van der Waals surface area contributed by atoms with Gasteiger partial charge >= 0.3 is 0 Å². The van der Waals surface area contributed by atoms with E-state index in [2.05, 4.69) is 0 Å². The summed E-state index contributed by atoms with van der Waals surface area (Å²) in [5.41, 5.74) is 7.16. The third kappa shape index (κ3) is 2.42. The molecule has 2 N–H and O–H groups in total. The molecule has 80 valence electrons. The van der Waals surface area contributed by atoms with Crippen molar-refractivity contribution < 1.29 is 8.78 Å². The SMILES string of the molecule is NC1CCC(=Cc2cc(F)ccc2F)C1. The van der Waals surface area contributed by atoms with Crippen LogP contribution in [0.25, 0.3) is 6.08 Å². The van der Waals surface area contributed by atoms with Crippen molar-refractivity contribution in [3.8, 4) is 0 Å². The van der Waals surface area contributed by atoms with Crippen LogP contribution in [0.2, 0.25) is 0 Å². The Labute approximate surface area is 87.6 Å². The molecule has 1 aliphatic rings. The van der Waals surface area contributed by atoms with Crippen LogP contribution in [0.3, 0.4) is 0 Å². The standard InChI is InChI=1S/C12H13F2N/c13-10-2-4-12(14)9(7-10)5-8-1-3-11(15)6-8/h2,4-5,7,11H,1,3,6,15H2. The summed E-state index contributed by atoms with van der Waals surface area (Å²) in [6, 6.07) is 3.66. The van der Waals surface area contributed by atoms with Gasteiger partial charge in [-0.15, -0.1) is 0 Å². The highest BCUT2D eigenvalue weighted by atomic mass is 19.1. The lowest BCUT2D eigenvalue weighted by Gasteiger charge is -2.00. The first-order valence-electron chi connectivity index (χ1n) is 5.05. The van der Waals surface area contributed by atoms with Crippen LogP contribution < -0.4 is 5.73 Å². The third-order valence-corrected chi connectivity index (χ3v) is 2.68. The van der Waals surface area contributed by atoms with Crippen LogP contribution in [0.4, 0.5) is 8.78 Å². The molecule has 1 fully saturated rings. The first-order valence-corrected chi connectivity index (χ1v) is 5.05. The van der Waals surface area contributed by atoms with Crippen LogP contribution in [0.5, 0.6) is 0 Å². The lowest BCUT2D eigenvalue weighted by atomic mass is 10.1. The Balaban J connectivity index is 2.26. The Morgan fingerprint density at radius 1 is 1.33 bits per heavy atom. The van der Waals surface area contributed by atoms with E-state index in [0.29, 0.717) is 5.56 Å². The topological polar surface area (TPSA) is 26.0 Å². The van der Waals surface area contributed by atoms with Crippen LogP contribution in [-0.4, -0.2) is 6.04 Å². The fraction of sp³-hybridized carbons (Fsp3) is 0.333. The average molecular weight is 209 g/mol. The van der Waals surface area contributed by atoms with Gasteiger partial charge in [0, 0.05) is 11.6 Å². The van der Waals surface area contributed by atoms with Gasteiger partial charge in [0.2, 0.25) is 0 Å². The monoisotopic (exact) mass is 209 g/mol. The minimum absolute atomic E-state index is 0.174. The summed E-state index contributed by atoms with van der Waals surface area (Å²) in [7, 11) is 0. The molecule has 3 heteroatoms. The van der Waals surface area contributed by atoms with Gasteiger partial charge in [0.15, 0.2) is 0 Å². The number of benzene rings is 1. The van der Waals surface area contributed by atoms with Gasteiger partial charge in [-0.1, -0.05) is 11.6 Å². The second kappa shape index (κ2) is 4.11. The van der Waals surface area contributed by atoms with Crippen LogP contribution in [0, 0.1) is 11.6 Å². The summed E-state index contributed by atoms with van der Waals surface area (Å²) in [4.78, 5) is 0. The van der Waals surface area contributed by atoms with Gasteiger partial charge in [0.1, 0.15) is 11.6 Å². The molecule has 0 aliphatic heterocycles. The number of halogens is 2. The van der Waals surface area contributed by atoms with E-state index in [9.17, 15) is 8.78 Å². The van der Waals surface area contributed by atoms with Gasteiger partial charge in [-0.25, -0.2) is 8.78 Å². The van der Waals surface area contributed by atoms with E-state index in [0.717, 1.165) is 37.0 Å². The number of hydrogen-bond donors (Lipinski definition) is 1. The molecular formula is C12H13F2N. The Bertz CT molecular complexity index is 399. The number of rotatable bonds is 1. The molecule has 1 aliphatic carbocycles. The zero-order valence-electron chi connectivity index (χ0n) is 8.34. The largest absolute Gasteiger partial charge is 0.327 e. The van der Waals surface area contributed by atoms with Crippen molar-refractivity contribution in [2.75, 3.05) is 0 Å². The normalized spacial score (nSPS) is 23.7. The Kier molecular flexibility index (Phi) is 2.82. The maximum Gasteiger partial charge on any atom is 0.130 e. The first-order chi connectivity index (χ1) is 7.15. The summed E-state index contributed by atoms with van der Waals surface area (Å²) < 4.78 is 26.2. The van der Waals surface area contributed by atoms with Crippen LogP contribution in [-0.2, 0) is 0 Å². The minimum atomic E-state index is -0.412. The van der Waals surface area contributed by atoms with E-state index in [4.69, 9.17) is 5.73 Å². The fourth-order valence-corrected chi connectivity index (χ4v) is 1.89. The fourth-order valence-electron chi connectivity index (χ4n) is 1.89. The zero-order valence-corrected chi connectivity index (χ0v) is 8.34. The van der Waals surface area contributed by atoms with E-state index < -0.39 is 5.82 Å². The molecule has 0 aromatic heterocycles. The molecule has 0 saturated heterocycles. The molecule has 1 nitrogen and oxygen atoms in total. The Hall–Kier alpha value is -1.22. The van der Waals surface area contributed by atoms with Gasteiger partial charge in [-0.3, -0.25) is 0 Å². The predicted molar refractivity (Wildman–Crippen MR) is 56.2 cm³/mol. The molecule has 2 rings (SSSR count). The van der Waals surface area contributed by atoms with E-state index in [1.807, 2.05) is 0 Å². The molecule has 0 bridgehead atoms. The molecule has 1 aromatic carbocycles. The minimum Gasteiger partial charge on any atom is -0.327 e. The average Bonchev–Trinajstić information content (AvgIpc) is 2.58. The molecule has 1 unspecified atom stereocenters. The van der Waals surface area contributed by atoms with Crippen LogP contribution >= 0.6 is 0 Å². The lowest BCUT2D eigenvalue weighted by molar-refractivity contribution is 0.597. The van der Waals surface area contributed by atoms with Crippen molar-refractivity contribution in [1.82, 2.24) is 0 Å². The number of hydrogen-bond acceptors (Lipinski definition) is 1. The molecule has 0 radical (unpaired) electrons. The molecule has 15 heavy (non-hydrogen) atoms. The Morgan fingerprint density at radius 3 is 2.80 bits per heavy atom. The van der Waals surface area contributed by atoms with E-state index in [1.54, 1.807) is 6.08 Å². The lowest BCUT2D eigenvalue weighted by Crippen LogP contribution is -2.13. The van der Waals surface area contributed by atoms with Gasteiger partial charge < -0.3 is 5.73 Å². The maximum absolute atomic E-state index is 13.3. The summed E-state index contributed by atoms with van der Waals surface area (Å²) in [5.74, 6) is -0.796. The molecule has 0 spiro atoms. The maximum atomic E-state index is 13.3. The summed E-state index contributed by atoms with van der Waals surface area (Å²) in [6.07, 6.45) is 4.32. The van der Waals surface area contributed by atoms with Crippen molar-refractivity contribution >= 4 is 6.08 Å². The Morgan fingerprint density at radius 2 is 2.13 bits per heavy atom. The molecule has 0 amide bonds. The second-order valence-electron chi connectivity index (χ2n) is 3.97. The summed E-state index contributed by atoms with van der Waals surface area (Å²) >= 11 is 0. The van der Waals surface area contributed by atoms with Crippen molar-refractivity contribution in [3.63, 3.8) is 0 Å². The summed E-state index contributed by atoms with van der Waals surface area (Å²) in [5, 5.41) is 0. The highest BCUT2D eigenvalue weighted by Gasteiger charge is 2.15. The predicted octanol–water partition coefficient (Wildman–Crippen LogP) is 2.86. The van der Waals surface area contributed by atoms with Gasteiger partial charge in [-0.05, 0) is 37.5 Å². The van der Waals surface area contributed by atoms with E-state index >= 15 is 0 Å². The van der Waals surface area contributed by atoms with E-state index in [1.165, 1.54) is 6.07 Å². The number of nitrogens with two attached hydrogens (primary N) is 1. The van der Waals surface area contributed by atoms with Crippen LogP contribution in [0.15, 0.2) is 23.8 Å². The van der Waals surface area contributed by atoms with Gasteiger partial charge in [0.05, 0.1) is 0 Å². The quantitative estimate of drug-likeness (QED) is 0.756. The molecule has 0 heterocycles. The molecule has 1 atom stereocenters. The first kappa shape index (κ1) is 10.3. The zero-order chi connectivity index (χ0) is 10.8. The van der Waals surface area contributed by atoms with Gasteiger partial charge in [0.25, 0.3) is 0 Å². The van der Waals surface area contributed by atoms with Crippen LogP contribution in [0.1, 0.15) is 24.8 Å².